The van der Waals surface area contributed by atoms with Crippen LogP contribution >= 0.6 is 0 Å². The van der Waals surface area contributed by atoms with E-state index in [2.05, 4.69) is 26.0 Å². The summed E-state index contributed by atoms with van der Waals surface area (Å²) >= 11 is 0. The number of hydrogen-bond donors (Lipinski definition) is 1. The van der Waals surface area contributed by atoms with E-state index in [4.69, 9.17) is 0 Å². The molecule has 3 rings (SSSR count). The van der Waals surface area contributed by atoms with E-state index in [1.807, 2.05) is 30.9 Å². The van der Waals surface area contributed by atoms with Crippen LogP contribution in [0, 0.1) is 0 Å². The molecule has 3 heterocycles. The number of rotatable bonds is 4. The van der Waals surface area contributed by atoms with E-state index in [0.29, 0.717) is 6.54 Å². The number of aryl methyl sites for hydroxylation is 1. The van der Waals surface area contributed by atoms with Gasteiger partial charge in [-0.05, 0) is 19.1 Å². The first-order chi connectivity index (χ1) is 9.33. The molecule has 0 radical (unpaired) electrons. The first-order valence-electron chi connectivity index (χ1n) is 6.36. The maximum Gasteiger partial charge on any atom is 0.140 e. The number of aliphatic hydroxyl groups excluding tert-OH is 1. The molecule has 0 unspecified atom stereocenters. The molecule has 5 nitrogen and oxygen atoms in total. The molecule has 0 bridgehead atoms. The van der Waals surface area contributed by atoms with Gasteiger partial charge < -0.3 is 14.2 Å². The number of pyridine rings is 1. The molecular formula is C14H16N4O. The summed E-state index contributed by atoms with van der Waals surface area (Å²) < 4.78 is 4.16. The van der Waals surface area contributed by atoms with Crippen molar-refractivity contribution in [1.82, 2.24) is 19.1 Å². The molecule has 0 aliphatic heterocycles. The van der Waals surface area contributed by atoms with Gasteiger partial charge in [-0.1, -0.05) is 0 Å². The summed E-state index contributed by atoms with van der Waals surface area (Å²) in [5.74, 6) is 0. The maximum absolute atomic E-state index is 9.42. The average Bonchev–Trinajstić information content (AvgIpc) is 3.04. The van der Waals surface area contributed by atoms with E-state index in [1.165, 1.54) is 0 Å². The lowest BCUT2D eigenvalue weighted by Crippen LogP contribution is -2.05. The van der Waals surface area contributed by atoms with E-state index in [0.717, 1.165) is 28.8 Å². The minimum Gasteiger partial charge on any atom is -0.392 e. The zero-order chi connectivity index (χ0) is 13.2. The van der Waals surface area contributed by atoms with Crippen LogP contribution in [-0.4, -0.2) is 24.2 Å². The van der Waals surface area contributed by atoms with Crippen LogP contribution in [0.15, 0.2) is 37.1 Å². The predicted octanol–water partition coefficient (Wildman–Crippen LogP) is 1.79. The van der Waals surface area contributed by atoms with Crippen molar-refractivity contribution >= 4 is 11.0 Å². The molecule has 3 aromatic heterocycles. The zero-order valence-corrected chi connectivity index (χ0v) is 10.8. The Kier molecular flexibility index (Phi) is 3.05. The summed E-state index contributed by atoms with van der Waals surface area (Å²) in [6.45, 7) is 3.73. The Morgan fingerprint density at radius 2 is 2.21 bits per heavy atom. The molecule has 1 N–H and O–H groups in total. The highest BCUT2D eigenvalue weighted by molar-refractivity contribution is 5.80. The van der Waals surface area contributed by atoms with Gasteiger partial charge in [-0.15, -0.1) is 0 Å². The third-order valence-electron chi connectivity index (χ3n) is 3.36. The van der Waals surface area contributed by atoms with Crippen LogP contribution in [0.4, 0.5) is 0 Å². The molecule has 0 aliphatic carbocycles. The standard InChI is InChI=1S/C14H16N4O/c1-2-17-10-15-6-12(17)8-18-7-11(9-19)13-4-3-5-16-14(13)18/h3-7,10,19H,2,8-9H2,1H3. The fourth-order valence-electron chi connectivity index (χ4n) is 2.38. The number of aliphatic hydroxyl groups is 1. The summed E-state index contributed by atoms with van der Waals surface area (Å²) in [5.41, 5.74) is 2.94. The van der Waals surface area contributed by atoms with Crippen LogP contribution in [0.3, 0.4) is 0 Å². The van der Waals surface area contributed by atoms with Gasteiger partial charge in [0.15, 0.2) is 0 Å². The van der Waals surface area contributed by atoms with E-state index in [1.54, 1.807) is 6.20 Å². The van der Waals surface area contributed by atoms with Gasteiger partial charge in [0, 0.05) is 36.1 Å². The highest BCUT2D eigenvalue weighted by atomic mass is 16.3. The Balaban J connectivity index is 2.06. The fourth-order valence-corrected chi connectivity index (χ4v) is 2.38. The van der Waals surface area contributed by atoms with Crippen LogP contribution < -0.4 is 0 Å². The van der Waals surface area contributed by atoms with E-state index in [9.17, 15) is 5.11 Å². The number of fused-ring (bicyclic) bond motifs is 1. The molecule has 0 saturated heterocycles. The lowest BCUT2D eigenvalue weighted by Gasteiger charge is -2.07. The van der Waals surface area contributed by atoms with Gasteiger partial charge in [-0.3, -0.25) is 0 Å². The Morgan fingerprint density at radius 1 is 1.32 bits per heavy atom. The molecule has 0 aromatic carbocycles. The van der Waals surface area contributed by atoms with Gasteiger partial charge in [0.2, 0.25) is 0 Å². The van der Waals surface area contributed by atoms with Crippen molar-refractivity contribution in [3.63, 3.8) is 0 Å². The molecule has 3 aromatic rings. The lowest BCUT2D eigenvalue weighted by atomic mass is 10.2. The van der Waals surface area contributed by atoms with Crippen molar-refractivity contribution in [3.05, 3.63) is 48.3 Å². The van der Waals surface area contributed by atoms with Crippen molar-refractivity contribution in [3.8, 4) is 0 Å². The Morgan fingerprint density at radius 3 is 3.00 bits per heavy atom. The number of hydrogen-bond acceptors (Lipinski definition) is 3. The third-order valence-corrected chi connectivity index (χ3v) is 3.36. The maximum atomic E-state index is 9.42. The number of aromatic nitrogens is 4. The molecule has 0 fully saturated rings. The van der Waals surface area contributed by atoms with E-state index >= 15 is 0 Å². The SMILES string of the molecule is CCn1cncc1Cn1cc(CO)c2cccnc21. The zero-order valence-electron chi connectivity index (χ0n) is 10.8. The van der Waals surface area contributed by atoms with Gasteiger partial charge in [0.1, 0.15) is 5.65 Å². The summed E-state index contributed by atoms with van der Waals surface area (Å²) in [4.78, 5) is 8.58. The third kappa shape index (κ3) is 2.02. The predicted molar refractivity (Wildman–Crippen MR) is 72.7 cm³/mol. The second kappa shape index (κ2) is 4.85. The average molecular weight is 256 g/mol. The highest BCUT2D eigenvalue weighted by Crippen LogP contribution is 2.20. The molecule has 19 heavy (non-hydrogen) atoms. The van der Waals surface area contributed by atoms with Crippen LogP contribution in [0.5, 0.6) is 0 Å². The van der Waals surface area contributed by atoms with Crippen molar-refractivity contribution in [2.24, 2.45) is 0 Å². The first kappa shape index (κ1) is 11.9. The van der Waals surface area contributed by atoms with Crippen LogP contribution in [-0.2, 0) is 19.7 Å². The second-order valence-electron chi connectivity index (χ2n) is 4.49. The van der Waals surface area contributed by atoms with E-state index in [-0.39, 0.29) is 6.61 Å². The molecule has 0 amide bonds. The summed E-state index contributed by atoms with van der Waals surface area (Å²) in [7, 11) is 0. The summed E-state index contributed by atoms with van der Waals surface area (Å²) in [5, 5.41) is 10.4. The van der Waals surface area contributed by atoms with Crippen LogP contribution in [0.2, 0.25) is 0 Å². The molecule has 98 valence electrons. The first-order valence-corrected chi connectivity index (χ1v) is 6.36. The fraction of sp³-hybridized carbons (Fsp3) is 0.286. The Labute approximate surface area is 111 Å². The Hall–Kier alpha value is -2.14. The van der Waals surface area contributed by atoms with Crippen LogP contribution in [0.25, 0.3) is 11.0 Å². The summed E-state index contributed by atoms with van der Waals surface area (Å²) in [6, 6.07) is 3.88. The van der Waals surface area contributed by atoms with Crippen molar-refractivity contribution in [1.29, 1.82) is 0 Å². The van der Waals surface area contributed by atoms with Gasteiger partial charge in [-0.25, -0.2) is 9.97 Å². The van der Waals surface area contributed by atoms with Gasteiger partial charge >= 0.3 is 0 Å². The largest absolute Gasteiger partial charge is 0.392 e. The minimum absolute atomic E-state index is 0.0300. The normalized spacial score (nSPS) is 11.3. The quantitative estimate of drug-likeness (QED) is 0.774. The number of imidazole rings is 1. The van der Waals surface area contributed by atoms with Gasteiger partial charge in [-0.2, -0.15) is 0 Å². The van der Waals surface area contributed by atoms with Crippen molar-refractivity contribution in [2.45, 2.75) is 26.6 Å². The second-order valence-corrected chi connectivity index (χ2v) is 4.49. The molecule has 0 aliphatic rings. The monoisotopic (exact) mass is 256 g/mol. The van der Waals surface area contributed by atoms with Gasteiger partial charge in [0.05, 0.1) is 25.2 Å². The molecule has 0 saturated carbocycles. The molecule has 5 heteroatoms. The van der Waals surface area contributed by atoms with Crippen molar-refractivity contribution < 1.29 is 5.11 Å². The van der Waals surface area contributed by atoms with Gasteiger partial charge in [0.25, 0.3) is 0 Å². The molecular weight excluding hydrogens is 240 g/mol. The number of nitrogens with zero attached hydrogens (tertiary/aromatic N) is 4. The summed E-state index contributed by atoms with van der Waals surface area (Å²) in [6.07, 6.45) is 7.44. The lowest BCUT2D eigenvalue weighted by molar-refractivity contribution is 0.283. The minimum atomic E-state index is 0.0300. The van der Waals surface area contributed by atoms with E-state index < -0.39 is 0 Å². The van der Waals surface area contributed by atoms with Crippen LogP contribution in [0.1, 0.15) is 18.2 Å². The highest BCUT2D eigenvalue weighted by Gasteiger charge is 2.10. The Bertz CT molecular complexity index is 698. The smallest absolute Gasteiger partial charge is 0.140 e. The topological polar surface area (TPSA) is 55.9 Å². The van der Waals surface area contributed by atoms with Crippen molar-refractivity contribution in [2.75, 3.05) is 0 Å². The molecule has 0 atom stereocenters. The molecule has 0 spiro atoms.